The van der Waals surface area contributed by atoms with Crippen molar-refractivity contribution in [2.24, 2.45) is 5.41 Å². The van der Waals surface area contributed by atoms with Crippen LogP contribution < -0.4 is 16.0 Å². The number of nitrogens with one attached hydrogen (secondary N) is 3. The summed E-state index contributed by atoms with van der Waals surface area (Å²) < 4.78 is 1.48. The zero-order valence-electron chi connectivity index (χ0n) is 21.1. The van der Waals surface area contributed by atoms with Crippen molar-refractivity contribution in [2.45, 2.75) is 49.6 Å². The first-order valence-corrected chi connectivity index (χ1v) is 13.5. The second-order valence-electron chi connectivity index (χ2n) is 10.5. The summed E-state index contributed by atoms with van der Waals surface area (Å²) in [6, 6.07) is 14.6. The van der Waals surface area contributed by atoms with Crippen LogP contribution in [0.3, 0.4) is 0 Å². The van der Waals surface area contributed by atoms with E-state index in [1.54, 1.807) is 24.3 Å². The van der Waals surface area contributed by atoms with Gasteiger partial charge in [-0.25, -0.2) is 0 Å². The van der Waals surface area contributed by atoms with Gasteiger partial charge in [0.2, 0.25) is 17.7 Å². The first-order chi connectivity index (χ1) is 18.9. The lowest BCUT2D eigenvalue weighted by Crippen LogP contribution is -2.51. The van der Waals surface area contributed by atoms with E-state index < -0.39 is 16.9 Å². The smallest absolute Gasteiger partial charge is 0.246 e. The third-order valence-electron chi connectivity index (χ3n) is 8.08. The average molecular weight is 546 g/mol. The van der Waals surface area contributed by atoms with Crippen molar-refractivity contribution >= 4 is 35.4 Å². The molecule has 39 heavy (non-hydrogen) atoms. The van der Waals surface area contributed by atoms with Crippen molar-refractivity contribution in [1.82, 2.24) is 36.2 Å². The lowest BCUT2D eigenvalue weighted by molar-refractivity contribution is -0.129. The van der Waals surface area contributed by atoms with Crippen LogP contribution in [0.15, 0.2) is 60.9 Å². The molecule has 3 N–H and O–H groups in total. The molecule has 2 saturated carbocycles. The lowest BCUT2D eigenvalue weighted by Gasteiger charge is -2.20. The summed E-state index contributed by atoms with van der Waals surface area (Å²) in [6.45, 7) is 0.672. The Labute approximate surface area is 230 Å². The Bertz CT molecular complexity index is 1440. The molecular formula is C28H28ClN7O3. The highest BCUT2D eigenvalue weighted by Crippen LogP contribution is 2.55. The van der Waals surface area contributed by atoms with Crippen LogP contribution in [0.4, 0.5) is 0 Å². The van der Waals surface area contributed by atoms with E-state index >= 15 is 0 Å². The third kappa shape index (κ3) is 4.80. The number of amides is 3. The second-order valence-corrected chi connectivity index (χ2v) is 11.0. The van der Waals surface area contributed by atoms with Crippen LogP contribution in [0.25, 0.3) is 11.8 Å². The van der Waals surface area contributed by atoms with Gasteiger partial charge in [-0.3, -0.25) is 14.4 Å². The molecule has 1 aliphatic heterocycles. The minimum Gasteiger partial charge on any atom is -0.356 e. The SMILES string of the molecule is O=C(/C=C/c1cc(Cl)ccc1-n1cnnn1)NC1(C(=O)N[C@@H]2CC23CCCCNC3=O)C[C@H]1c1ccccc1. The number of halogens is 1. The van der Waals surface area contributed by atoms with Crippen LogP contribution in [-0.4, -0.2) is 56.1 Å². The molecule has 2 unspecified atom stereocenters. The van der Waals surface area contributed by atoms with Crippen molar-refractivity contribution < 1.29 is 14.4 Å². The van der Waals surface area contributed by atoms with Gasteiger partial charge in [0, 0.05) is 35.2 Å². The molecule has 4 atom stereocenters. The normalized spacial score (nSPS) is 27.6. The molecule has 2 aliphatic carbocycles. The maximum Gasteiger partial charge on any atom is 0.246 e. The Morgan fingerprint density at radius 1 is 1.13 bits per heavy atom. The maximum absolute atomic E-state index is 13.7. The number of aromatic nitrogens is 4. The Hall–Kier alpha value is -4.05. The number of nitrogens with zero attached hydrogens (tertiary/aromatic N) is 4. The van der Waals surface area contributed by atoms with Crippen LogP contribution in [0.5, 0.6) is 0 Å². The molecule has 0 bridgehead atoms. The van der Waals surface area contributed by atoms with Gasteiger partial charge in [0.15, 0.2) is 0 Å². The zero-order chi connectivity index (χ0) is 27.0. The molecule has 3 aliphatic rings. The van der Waals surface area contributed by atoms with E-state index in [9.17, 15) is 14.4 Å². The standard InChI is InChI=1S/C28H28ClN7O3/c29-20-9-10-22(36-17-31-34-35-36)19(14-20)8-11-24(37)33-28(15-21(28)18-6-2-1-3-7-18)26(39)32-23-16-27(23)12-4-5-13-30-25(27)38/h1-3,6-11,14,17,21,23H,4-5,12-13,15-16H2,(H,30,38)(H,32,39)(H,33,37)/b11-8+/t21-,23+,27?,28?/m0/s1. The number of hydrogen-bond donors (Lipinski definition) is 3. The van der Waals surface area contributed by atoms with Crippen molar-refractivity contribution in [2.75, 3.05) is 6.54 Å². The first-order valence-electron chi connectivity index (χ1n) is 13.1. The molecule has 3 aromatic rings. The number of carbonyl (C=O) groups excluding carboxylic acids is 3. The van der Waals surface area contributed by atoms with Gasteiger partial charge in [0.25, 0.3) is 0 Å². The van der Waals surface area contributed by atoms with Gasteiger partial charge in [0.05, 0.1) is 11.1 Å². The second kappa shape index (κ2) is 9.92. The van der Waals surface area contributed by atoms with E-state index in [1.165, 1.54) is 17.1 Å². The molecular weight excluding hydrogens is 518 g/mol. The molecule has 11 heteroatoms. The summed E-state index contributed by atoms with van der Waals surface area (Å²) in [6.07, 6.45) is 8.20. The molecule has 6 rings (SSSR count). The largest absolute Gasteiger partial charge is 0.356 e. The Balaban J connectivity index is 1.21. The zero-order valence-corrected chi connectivity index (χ0v) is 21.9. The van der Waals surface area contributed by atoms with E-state index in [4.69, 9.17) is 11.6 Å². The quantitative estimate of drug-likeness (QED) is 0.391. The minimum atomic E-state index is -1.10. The molecule has 2 heterocycles. The van der Waals surface area contributed by atoms with Gasteiger partial charge in [-0.2, -0.15) is 4.68 Å². The van der Waals surface area contributed by atoms with Crippen molar-refractivity contribution in [1.29, 1.82) is 0 Å². The third-order valence-corrected chi connectivity index (χ3v) is 8.32. The predicted octanol–water partition coefficient (Wildman–Crippen LogP) is 2.55. The van der Waals surface area contributed by atoms with Crippen LogP contribution in [0, 0.1) is 5.41 Å². The number of rotatable bonds is 7. The fraction of sp³-hybridized carbons (Fsp3) is 0.357. The van der Waals surface area contributed by atoms with E-state index in [0.29, 0.717) is 35.7 Å². The molecule has 1 aromatic heterocycles. The van der Waals surface area contributed by atoms with E-state index in [1.807, 2.05) is 30.3 Å². The highest BCUT2D eigenvalue weighted by molar-refractivity contribution is 6.30. The van der Waals surface area contributed by atoms with Crippen LogP contribution in [0.2, 0.25) is 5.02 Å². The summed E-state index contributed by atoms with van der Waals surface area (Å²) in [7, 11) is 0. The maximum atomic E-state index is 13.7. The highest BCUT2D eigenvalue weighted by Gasteiger charge is 2.65. The summed E-state index contributed by atoms with van der Waals surface area (Å²) in [5.41, 5.74) is 0.632. The van der Waals surface area contributed by atoms with Crippen molar-refractivity contribution in [3.63, 3.8) is 0 Å². The van der Waals surface area contributed by atoms with E-state index in [2.05, 4.69) is 31.5 Å². The molecule has 2 aromatic carbocycles. The molecule has 10 nitrogen and oxygen atoms in total. The Morgan fingerprint density at radius 3 is 2.77 bits per heavy atom. The molecule has 3 amide bonds. The van der Waals surface area contributed by atoms with E-state index in [0.717, 1.165) is 24.8 Å². The number of benzene rings is 2. The summed E-state index contributed by atoms with van der Waals surface area (Å²) in [5.74, 6) is -0.823. The monoisotopic (exact) mass is 545 g/mol. The topological polar surface area (TPSA) is 131 Å². The van der Waals surface area contributed by atoms with Crippen LogP contribution in [0.1, 0.15) is 49.1 Å². The highest BCUT2D eigenvalue weighted by atomic mass is 35.5. The summed E-state index contributed by atoms with van der Waals surface area (Å²) in [5, 5.41) is 20.8. The molecule has 1 spiro atoms. The van der Waals surface area contributed by atoms with Crippen molar-refractivity contribution in [3.05, 3.63) is 77.1 Å². The Morgan fingerprint density at radius 2 is 1.97 bits per heavy atom. The first kappa shape index (κ1) is 25.2. The van der Waals surface area contributed by atoms with Gasteiger partial charge in [0.1, 0.15) is 11.9 Å². The van der Waals surface area contributed by atoms with Gasteiger partial charge in [-0.1, -0.05) is 48.4 Å². The average Bonchev–Trinajstić information content (AvgIpc) is 3.78. The molecule has 200 valence electrons. The van der Waals surface area contributed by atoms with Crippen LogP contribution in [-0.2, 0) is 14.4 Å². The number of carbonyl (C=O) groups is 3. The Kier molecular flexibility index (Phi) is 6.42. The number of hydrogen-bond acceptors (Lipinski definition) is 6. The fourth-order valence-electron chi connectivity index (χ4n) is 5.73. The molecule has 0 radical (unpaired) electrons. The van der Waals surface area contributed by atoms with Gasteiger partial charge < -0.3 is 16.0 Å². The predicted molar refractivity (Wildman–Crippen MR) is 144 cm³/mol. The van der Waals surface area contributed by atoms with Crippen LogP contribution >= 0.6 is 11.6 Å². The molecule has 1 saturated heterocycles. The summed E-state index contributed by atoms with van der Waals surface area (Å²) >= 11 is 6.20. The number of tetrazole rings is 1. The van der Waals surface area contributed by atoms with Gasteiger partial charge >= 0.3 is 0 Å². The van der Waals surface area contributed by atoms with Gasteiger partial charge in [-0.15, -0.1) is 5.10 Å². The molecule has 3 fully saturated rings. The lowest BCUT2D eigenvalue weighted by atomic mass is 9.98. The minimum absolute atomic E-state index is 0.0154. The van der Waals surface area contributed by atoms with Gasteiger partial charge in [-0.05, 0) is 65.9 Å². The van der Waals surface area contributed by atoms with Crippen molar-refractivity contribution in [3.8, 4) is 5.69 Å². The van der Waals surface area contributed by atoms with E-state index in [-0.39, 0.29) is 23.8 Å². The summed E-state index contributed by atoms with van der Waals surface area (Å²) in [4.78, 5) is 39.6. The fourth-order valence-corrected chi connectivity index (χ4v) is 5.91.